The Hall–Kier alpha value is -1.54. The van der Waals surface area contributed by atoms with Crippen LogP contribution in [0.15, 0.2) is 18.2 Å². The largest absolute Gasteiger partial charge is 0.354 e. The molecule has 0 aliphatic carbocycles. The van der Waals surface area contributed by atoms with E-state index in [1.807, 2.05) is 0 Å². The number of rotatable bonds is 7. The second-order valence-electron chi connectivity index (χ2n) is 5.30. The zero-order valence-electron chi connectivity index (χ0n) is 12.8. The van der Waals surface area contributed by atoms with Gasteiger partial charge in [0.25, 0.3) is 0 Å². The lowest BCUT2D eigenvalue weighted by Gasteiger charge is -2.25. The van der Waals surface area contributed by atoms with Crippen LogP contribution in [-0.2, 0) is 14.6 Å². The van der Waals surface area contributed by atoms with Gasteiger partial charge in [-0.05, 0) is 26.2 Å². The third kappa shape index (κ3) is 5.69. The Morgan fingerprint density at radius 1 is 1.27 bits per heavy atom. The summed E-state index contributed by atoms with van der Waals surface area (Å²) in [5.74, 6) is -2.12. The zero-order chi connectivity index (χ0) is 16.9. The fourth-order valence-electron chi connectivity index (χ4n) is 1.95. The molecule has 0 bridgehead atoms. The molecule has 8 heteroatoms. The average molecular weight is 334 g/mol. The van der Waals surface area contributed by atoms with Gasteiger partial charge in [0, 0.05) is 24.8 Å². The Labute approximate surface area is 129 Å². The van der Waals surface area contributed by atoms with Gasteiger partial charge < -0.3 is 10.2 Å². The van der Waals surface area contributed by atoms with E-state index in [0.717, 1.165) is 18.4 Å². The maximum absolute atomic E-state index is 13.8. The molecule has 1 rings (SSSR count). The molecule has 0 aliphatic heterocycles. The van der Waals surface area contributed by atoms with Crippen molar-refractivity contribution in [1.82, 2.24) is 10.2 Å². The van der Waals surface area contributed by atoms with Crippen molar-refractivity contribution < 1.29 is 22.0 Å². The van der Waals surface area contributed by atoms with E-state index in [0.29, 0.717) is 0 Å². The fourth-order valence-corrected chi connectivity index (χ4v) is 2.51. The van der Waals surface area contributed by atoms with Crippen LogP contribution < -0.4 is 5.32 Å². The van der Waals surface area contributed by atoms with Crippen molar-refractivity contribution in [2.24, 2.45) is 0 Å². The van der Waals surface area contributed by atoms with Gasteiger partial charge in [0.15, 0.2) is 0 Å². The molecular weight excluding hydrogens is 314 g/mol. The van der Waals surface area contributed by atoms with Gasteiger partial charge in [-0.1, -0.05) is 6.07 Å². The van der Waals surface area contributed by atoms with E-state index in [4.69, 9.17) is 0 Å². The lowest BCUT2D eigenvalue weighted by molar-refractivity contribution is -0.120. The highest BCUT2D eigenvalue weighted by Crippen LogP contribution is 2.23. The first-order valence-corrected chi connectivity index (χ1v) is 8.72. The number of benzene rings is 1. The first-order chi connectivity index (χ1) is 10.1. The highest BCUT2D eigenvalue weighted by molar-refractivity contribution is 7.90. The van der Waals surface area contributed by atoms with Crippen LogP contribution in [0.25, 0.3) is 0 Å². The van der Waals surface area contributed by atoms with Gasteiger partial charge in [-0.3, -0.25) is 4.79 Å². The topological polar surface area (TPSA) is 66.5 Å². The maximum Gasteiger partial charge on any atom is 0.221 e. The Kier molecular flexibility index (Phi) is 6.43. The lowest BCUT2D eigenvalue weighted by atomic mass is 10.0. The molecule has 0 saturated heterocycles. The van der Waals surface area contributed by atoms with Gasteiger partial charge in [0.1, 0.15) is 21.5 Å². The molecular formula is C14H20F2N2O3S. The summed E-state index contributed by atoms with van der Waals surface area (Å²) >= 11 is 0. The molecule has 0 aliphatic rings. The number of halogens is 2. The molecule has 0 fully saturated rings. The molecule has 0 unspecified atom stereocenters. The van der Waals surface area contributed by atoms with Crippen molar-refractivity contribution >= 4 is 15.7 Å². The van der Waals surface area contributed by atoms with E-state index in [9.17, 15) is 22.0 Å². The summed E-state index contributed by atoms with van der Waals surface area (Å²) in [6, 6.07) is 2.88. The molecule has 0 saturated carbocycles. The number of nitrogens with one attached hydrogen (secondary N) is 1. The standard InChI is InChI=1S/C14H20F2N2O3S/c1-18(2)12(14-10(15)5-4-6-11(14)16)9-17-13(19)7-8-22(3,20)21/h4-6,12H,7-9H2,1-3H3,(H,17,19)/t12-/m1/s1. The number of likely N-dealkylation sites (N-methyl/N-ethyl adjacent to an activating group) is 1. The maximum atomic E-state index is 13.8. The monoisotopic (exact) mass is 334 g/mol. The molecule has 22 heavy (non-hydrogen) atoms. The minimum Gasteiger partial charge on any atom is -0.354 e. The van der Waals surface area contributed by atoms with Crippen LogP contribution in [0, 0.1) is 11.6 Å². The van der Waals surface area contributed by atoms with Crippen LogP contribution in [0.3, 0.4) is 0 Å². The first kappa shape index (κ1) is 18.5. The van der Waals surface area contributed by atoms with Crippen LogP contribution in [0.2, 0.25) is 0 Å². The highest BCUT2D eigenvalue weighted by Gasteiger charge is 2.22. The second kappa shape index (κ2) is 7.64. The van der Waals surface area contributed by atoms with Gasteiger partial charge in [0.05, 0.1) is 11.8 Å². The summed E-state index contributed by atoms with van der Waals surface area (Å²) < 4.78 is 49.7. The predicted octanol–water partition coefficient (Wildman–Crippen LogP) is 1.12. The van der Waals surface area contributed by atoms with Crippen molar-refractivity contribution in [3.05, 3.63) is 35.4 Å². The SMILES string of the molecule is CN(C)[C@H](CNC(=O)CCS(C)(=O)=O)c1c(F)cccc1F. The number of sulfone groups is 1. The summed E-state index contributed by atoms with van der Waals surface area (Å²) in [6.07, 6.45) is 0.858. The van der Waals surface area contributed by atoms with Crippen LogP contribution in [-0.4, -0.2) is 51.9 Å². The normalized spacial score (nSPS) is 13.2. The van der Waals surface area contributed by atoms with Crippen molar-refractivity contribution in [3.63, 3.8) is 0 Å². The summed E-state index contributed by atoms with van der Waals surface area (Å²) in [5.41, 5.74) is -0.129. The van der Waals surface area contributed by atoms with Gasteiger partial charge in [-0.15, -0.1) is 0 Å². The van der Waals surface area contributed by atoms with Crippen molar-refractivity contribution in [1.29, 1.82) is 0 Å². The zero-order valence-corrected chi connectivity index (χ0v) is 13.6. The number of carbonyl (C=O) groups is 1. The first-order valence-electron chi connectivity index (χ1n) is 6.66. The molecule has 1 N–H and O–H groups in total. The number of amides is 1. The Morgan fingerprint density at radius 3 is 2.27 bits per heavy atom. The van der Waals surface area contributed by atoms with Gasteiger partial charge in [-0.2, -0.15) is 0 Å². The minimum atomic E-state index is -3.23. The lowest BCUT2D eigenvalue weighted by Crippen LogP contribution is -2.36. The predicted molar refractivity (Wildman–Crippen MR) is 80.1 cm³/mol. The van der Waals surface area contributed by atoms with Crippen LogP contribution >= 0.6 is 0 Å². The van der Waals surface area contributed by atoms with Crippen molar-refractivity contribution in [2.75, 3.05) is 32.6 Å². The summed E-state index contributed by atoms with van der Waals surface area (Å²) in [7, 11) is 0.0453. The van der Waals surface area contributed by atoms with Crippen LogP contribution in [0.4, 0.5) is 8.78 Å². The molecule has 1 atom stereocenters. The number of hydrogen-bond donors (Lipinski definition) is 1. The molecule has 5 nitrogen and oxygen atoms in total. The van der Waals surface area contributed by atoms with E-state index in [1.165, 1.54) is 6.07 Å². The third-order valence-electron chi connectivity index (χ3n) is 3.15. The van der Waals surface area contributed by atoms with Crippen LogP contribution in [0.1, 0.15) is 18.0 Å². The van der Waals surface area contributed by atoms with E-state index in [2.05, 4.69) is 5.32 Å². The van der Waals surface area contributed by atoms with Gasteiger partial charge in [0.2, 0.25) is 5.91 Å². The second-order valence-corrected chi connectivity index (χ2v) is 7.56. The number of nitrogens with zero attached hydrogens (tertiary/aromatic N) is 1. The van der Waals surface area contributed by atoms with Crippen molar-refractivity contribution in [2.45, 2.75) is 12.5 Å². The third-order valence-corrected chi connectivity index (χ3v) is 4.09. The average Bonchev–Trinajstić information content (AvgIpc) is 2.38. The Bertz CT molecular complexity index is 613. The Balaban J connectivity index is 2.76. The summed E-state index contributed by atoms with van der Waals surface area (Å²) in [6.45, 7) is -0.0204. The molecule has 0 radical (unpaired) electrons. The molecule has 1 amide bonds. The fraction of sp³-hybridized carbons (Fsp3) is 0.500. The molecule has 124 valence electrons. The van der Waals surface area contributed by atoms with Gasteiger partial charge in [-0.25, -0.2) is 17.2 Å². The number of carbonyl (C=O) groups excluding carboxylic acids is 1. The highest BCUT2D eigenvalue weighted by atomic mass is 32.2. The van der Waals surface area contributed by atoms with Crippen molar-refractivity contribution in [3.8, 4) is 0 Å². The quantitative estimate of drug-likeness (QED) is 0.811. The molecule has 0 spiro atoms. The summed E-state index contributed by atoms with van der Waals surface area (Å²) in [5, 5.41) is 2.51. The number of hydrogen-bond acceptors (Lipinski definition) is 4. The summed E-state index contributed by atoms with van der Waals surface area (Å²) in [4.78, 5) is 13.2. The molecule has 0 heterocycles. The Morgan fingerprint density at radius 2 is 1.82 bits per heavy atom. The molecule has 1 aromatic rings. The van der Waals surface area contributed by atoms with Gasteiger partial charge >= 0.3 is 0 Å². The molecule has 1 aromatic carbocycles. The smallest absolute Gasteiger partial charge is 0.221 e. The molecule has 0 aromatic heterocycles. The van der Waals surface area contributed by atoms with Crippen LogP contribution in [0.5, 0.6) is 0 Å². The van der Waals surface area contributed by atoms with E-state index < -0.39 is 33.4 Å². The van der Waals surface area contributed by atoms with E-state index in [-0.39, 0.29) is 24.3 Å². The van der Waals surface area contributed by atoms with E-state index in [1.54, 1.807) is 19.0 Å². The minimum absolute atomic E-state index is 0.0204. The van der Waals surface area contributed by atoms with E-state index >= 15 is 0 Å².